The highest BCUT2D eigenvalue weighted by Gasteiger charge is 2.16. The van der Waals surface area contributed by atoms with Crippen LogP contribution in [0.1, 0.15) is 37.8 Å². The molecule has 2 N–H and O–H groups in total. The maximum atomic E-state index is 5.43. The molecule has 0 unspecified atom stereocenters. The van der Waals surface area contributed by atoms with E-state index in [2.05, 4.69) is 44.6 Å². The smallest absolute Gasteiger partial charge is 0.234 e. The first-order valence-electron chi connectivity index (χ1n) is 8.96. The fraction of sp³-hybridized carbons (Fsp3) is 0.421. The predicted molar refractivity (Wildman–Crippen MR) is 109 cm³/mol. The van der Waals surface area contributed by atoms with E-state index in [4.69, 9.17) is 17.0 Å². The van der Waals surface area contributed by atoms with E-state index in [0.717, 1.165) is 24.5 Å². The summed E-state index contributed by atoms with van der Waals surface area (Å²) in [5.41, 5.74) is 1.16. The number of benzene rings is 1. The highest BCUT2D eigenvalue weighted by atomic mass is 32.1. The van der Waals surface area contributed by atoms with E-state index in [-0.39, 0.29) is 6.04 Å². The number of hydrogen-bond donors (Lipinski definition) is 2. The number of piperidine rings is 1. The highest BCUT2D eigenvalue weighted by molar-refractivity contribution is 7.80. The molecule has 26 heavy (non-hydrogen) atoms. The second-order valence-corrected chi connectivity index (χ2v) is 6.78. The van der Waals surface area contributed by atoms with Gasteiger partial charge in [0, 0.05) is 19.2 Å². The predicted octanol–water partition coefficient (Wildman–Crippen LogP) is 3.52. The lowest BCUT2D eigenvalue weighted by molar-refractivity contribution is 0.397. The van der Waals surface area contributed by atoms with E-state index in [0.29, 0.717) is 16.9 Å². The molecular weight excluding hydrogens is 346 g/mol. The van der Waals surface area contributed by atoms with Gasteiger partial charge in [0.2, 0.25) is 11.8 Å². The average molecular weight is 372 g/mol. The monoisotopic (exact) mass is 371 g/mol. The minimum absolute atomic E-state index is 0.0865. The lowest BCUT2D eigenvalue weighted by Crippen LogP contribution is -2.33. The Kier molecular flexibility index (Phi) is 6.22. The number of anilines is 2. The highest BCUT2D eigenvalue weighted by Crippen LogP contribution is 2.23. The van der Waals surface area contributed by atoms with Crippen molar-refractivity contribution in [3.05, 3.63) is 42.0 Å². The zero-order valence-corrected chi connectivity index (χ0v) is 16.1. The molecule has 6 nitrogen and oxygen atoms in total. The van der Waals surface area contributed by atoms with Crippen molar-refractivity contribution in [1.29, 1.82) is 0 Å². The average Bonchev–Trinajstić information content (AvgIpc) is 2.69. The van der Waals surface area contributed by atoms with Crippen LogP contribution in [0.4, 0.5) is 11.8 Å². The summed E-state index contributed by atoms with van der Waals surface area (Å²) < 4.78 is 5.34. The number of aromatic nitrogens is 2. The largest absolute Gasteiger partial charge is 0.481 e. The van der Waals surface area contributed by atoms with E-state index in [1.54, 1.807) is 7.11 Å². The Labute approximate surface area is 160 Å². The lowest BCUT2D eigenvalue weighted by atomic mass is 10.1. The summed E-state index contributed by atoms with van der Waals surface area (Å²) in [5, 5.41) is 6.84. The third-order valence-corrected chi connectivity index (χ3v) is 4.67. The number of thiocarbonyl (C=S) groups is 1. The summed E-state index contributed by atoms with van der Waals surface area (Å²) in [6.45, 7) is 4.08. The van der Waals surface area contributed by atoms with Gasteiger partial charge < -0.3 is 20.3 Å². The molecule has 1 aliphatic heterocycles. The molecule has 1 aliphatic rings. The maximum Gasteiger partial charge on any atom is 0.234 e. The van der Waals surface area contributed by atoms with Gasteiger partial charge in [-0.2, -0.15) is 9.97 Å². The summed E-state index contributed by atoms with van der Waals surface area (Å²) in [5.74, 6) is 1.85. The van der Waals surface area contributed by atoms with E-state index >= 15 is 0 Å². The molecule has 1 saturated heterocycles. The van der Waals surface area contributed by atoms with Crippen LogP contribution in [-0.2, 0) is 0 Å². The quantitative estimate of drug-likeness (QED) is 0.780. The summed E-state index contributed by atoms with van der Waals surface area (Å²) in [7, 11) is 1.61. The first kappa shape index (κ1) is 18.4. The topological polar surface area (TPSA) is 62.3 Å². The Bertz CT molecular complexity index is 734. The van der Waals surface area contributed by atoms with E-state index < -0.39 is 0 Å². The maximum absolute atomic E-state index is 5.43. The van der Waals surface area contributed by atoms with Crippen LogP contribution in [0.2, 0.25) is 0 Å². The van der Waals surface area contributed by atoms with E-state index in [9.17, 15) is 0 Å². The van der Waals surface area contributed by atoms with Crippen LogP contribution >= 0.6 is 12.2 Å². The minimum atomic E-state index is 0.0865. The number of ether oxygens (including phenoxy) is 1. The lowest BCUT2D eigenvalue weighted by Gasteiger charge is -2.28. The van der Waals surface area contributed by atoms with Gasteiger partial charge in [-0.3, -0.25) is 0 Å². The fourth-order valence-corrected chi connectivity index (χ4v) is 3.29. The SMILES string of the molecule is COc1cc(N2CCCCC2)nc(NC(=S)N[C@@H](C)c2ccccc2)n1. The molecule has 0 radical (unpaired) electrons. The fourth-order valence-electron chi connectivity index (χ4n) is 3.02. The van der Waals surface area contributed by atoms with Crippen molar-refractivity contribution in [1.82, 2.24) is 15.3 Å². The minimum Gasteiger partial charge on any atom is -0.481 e. The van der Waals surface area contributed by atoms with Gasteiger partial charge in [-0.1, -0.05) is 30.3 Å². The van der Waals surface area contributed by atoms with Crippen molar-refractivity contribution < 1.29 is 4.74 Å². The van der Waals surface area contributed by atoms with Crippen molar-refractivity contribution in [2.45, 2.75) is 32.2 Å². The molecule has 0 bridgehead atoms. The second kappa shape index (κ2) is 8.80. The van der Waals surface area contributed by atoms with Gasteiger partial charge in [-0.25, -0.2) is 0 Å². The molecule has 0 spiro atoms. The summed E-state index contributed by atoms with van der Waals surface area (Å²) in [6.07, 6.45) is 3.64. The van der Waals surface area contributed by atoms with Crippen LogP contribution in [0.25, 0.3) is 0 Å². The van der Waals surface area contributed by atoms with Crippen LogP contribution in [0.3, 0.4) is 0 Å². The molecule has 1 aromatic heterocycles. The van der Waals surface area contributed by atoms with Crippen LogP contribution in [0.15, 0.2) is 36.4 Å². The van der Waals surface area contributed by atoms with Gasteiger partial charge in [0.15, 0.2) is 5.11 Å². The summed E-state index contributed by atoms with van der Waals surface area (Å²) in [6, 6.07) is 12.1. The van der Waals surface area contributed by atoms with Gasteiger partial charge in [0.25, 0.3) is 0 Å². The molecule has 1 fully saturated rings. The van der Waals surface area contributed by atoms with Gasteiger partial charge in [0.05, 0.1) is 13.2 Å². The van der Waals surface area contributed by atoms with Gasteiger partial charge >= 0.3 is 0 Å². The molecule has 2 heterocycles. The standard InChI is InChI=1S/C19H25N5OS/c1-14(15-9-5-3-6-10-15)20-19(26)23-18-21-16(13-17(22-18)25-2)24-11-7-4-8-12-24/h3,5-6,9-10,13-14H,4,7-8,11-12H2,1-2H3,(H2,20,21,22,23,26)/t14-/m0/s1. The third kappa shape index (κ3) is 4.82. The molecule has 2 aromatic rings. The number of nitrogens with one attached hydrogen (secondary N) is 2. The van der Waals surface area contributed by atoms with Crippen LogP contribution in [-0.4, -0.2) is 35.3 Å². The number of methoxy groups -OCH3 is 1. The van der Waals surface area contributed by atoms with E-state index in [1.165, 1.54) is 19.3 Å². The Morgan fingerprint density at radius 1 is 1.15 bits per heavy atom. The Balaban J connectivity index is 1.69. The third-order valence-electron chi connectivity index (χ3n) is 4.45. The molecule has 0 aliphatic carbocycles. The van der Waals surface area contributed by atoms with Crippen molar-refractivity contribution in [3.63, 3.8) is 0 Å². The Morgan fingerprint density at radius 3 is 2.58 bits per heavy atom. The molecule has 3 rings (SSSR count). The van der Waals surface area contributed by atoms with Crippen LogP contribution in [0, 0.1) is 0 Å². The number of hydrogen-bond acceptors (Lipinski definition) is 5. The van der Waals surface area contributed by atoms with Gasteiger partial charge in [-0.05, 0) is 44.0 Å². The first-order chi connectivity index (χ1) is 12.7. The van der Waals surface area contributed by atoms with Crippen molar-refractivity contribution >= 4 is 29.1 Å². The molecule has 7 heteroatoms. The summed E-state index contributed by atoms with van der Waals surface area (Å²) >= 11 is 5.43. The molecule has 0 amide bonds. The molecular formula is C19H25N5OS. The second-order valence-electron chi connectivity index (χ2n) is 6.37. The molecule has 1 aromatic carbocycles. The van der Waals surface area contributed by atoms with Crippen molar-refractivity contribution in [3.8, 4) is 5.88 Å². The molecule has 0 saturated carbocycles. The van der Waals surface area contributed by atoms with Gasteiger partial charge in [0.1, 0.15) is 5.82 Å². The number of rotatable bonds is 5. The zero-order valence-electron chi connectivity index (χ0n) is 15.2. The van der Waals surface area contributed by atoms with Gasteiger partial charge in [-0.15, -0.1) is 0 Å². The zero-order chi connectivity index (χ0) is 18.4. The van der Waals surface area contributed by atoms with Crippen molar-refractivity contribution in [2.75, 3.05) is 30.4 Å². The Morgan fingerprint density at radius 2 is 1.88 bits per heavy atom. The molecule has 1 atom stereocenters. The summed E-state index contributed by atoms with van der Waals surface area (Å²) in [4.78, 5) is 11.3. The van der Waals surface area contributed by atoms with Crippen LogP contribution in [0.5, 0.6) is 5.88 Å². The Hall–Kier alpha value is -2.41. The van der Waals surface area contributed by atoms with Crippen molar-refractivity contribution in [2.24, 2.45) is 0 Å². The van der Waals surface area contributed by atoms with E-state index in [1.807, 2.05) is 24.3 Å². The normalized spacial score (nSPS) is 15.2. The number of nitrogens with zero attached hydrogens (tertiary/aromatic N) is 3. The molecule has 138 valence electrons. The first-order valence-corrected chi connectivity index (χ1v) is 9.37. The van der Waals surface area contributed by atoms with Crippen LogP contribution < -0.4 is 20.3 Å².